The molecule has 4 aromatic heterocycles. The molecule has 8 aromatic carbocycles. The van der Waals surface area contributed by atoms with Crippen molar-refractivity contribution in [3.63, 3.8) is 0 Å². The van der Waals surface area contributed by atoms with Crippen LogP contribution < -0.4 is 0 Å². The van der Waals surface area contributed by atoms with E-state index in [1.54, 1.807) is 12.1 Å². The Morgan fingerprint density at radius 3 is 1.57 bits per heavy atom. The summed E-state index contributed by atoms with van der Waals surface area (Å²) in [7, 11) is 0. The zero-order valence-electron chi connectivity index (χ0n) is 56.0. The van der Waals surface area contributed by atoms with Crippen molar-refractivity contribution in [3.05, 3.63) is 230 Å². The van der Waals surface area contributed by atoms with Gasteiger partial charge in [0.05, 0.1) is 53.8 Å². The monoisotopic (exact) mass is 906 g/mol. The van der Waals surface area contributed by atoms with Crippen molar-refractivity contribution in [2.45, 2.75) is 18.7 Å². The quantitative estimate of drug-likeness (QED) is 0.151. The van der Waals surface area contributed by atoms with Crippen LogP contribution in [0.2, 0.25) is 0 Å². The number of aromatic nitrogens is 8. The van der Waals surface area contributed by atoms with Gasteiger partial charge in [-0.15, -0.1) is 0 Å². The van der Waals surface area contributed by atoms with E-state index in [1.807, 2.05) is 89.5 Å². The molecule has 1 aliphatic rings. The second-order valence-electron chi connectivity index (χ2n) is 16.1. The van der Waals surface area contributed by atoms with Gasteiger partial charge in [-0.25, -0.2) is 29.9 Å². The average Bonchev–Trinajstić information content (AvgIpc) is 1.68. The minimum absolute atomic E-state index is 0.00296. The molecule has 1 aliphatic carbocycles. The highest BCUT2D eigenvalue weighted by molar-refractivity contribution is 6.19. The normalized spacial score (nSPS) is 20.3. The second kappa shape index (κ2) is 16.3. The number of fused-ring (bicyclic) bond motifs is 6. The molecule has 326 valence electrons. The topological polar surface area (TPSA) is 87.2 Å². The molecule has 0 spiro atoms. The molecule has 13 rings (SSSR count). The minimum atomic E-state index is -2.12. The van der Waals surface area contributed by atoms with E-state index in [0.29, 0.717) is 11.0 Å². The lowest BCUT2D eigenvalue weighted by atomic mass is 9.83. The van der Waals surface area contributed by atoms with Gasteiger partial charge < -0.3 is 9.13 Å². The average molecular weight is 907 g/mol. The van der Waals surface area contributed by atoms with Gasteiger partial charge in [-0.3, -0.25) is 0 Å². The van der Waals surface area contributed by atoms with Crippen molar-refractivity contribution >= 4 is 43.6 Å². The molecule has 0 bridgehead atoms. The van der Waals surface area contributed by atoms with E-state index in [9.17, 15) is 2.74 Å². The lowest BCUT2D eigenvalue weighted by Crippen LogP contribution is -2.24. The van der Waals surface area contributed by atoms with E-state index in [2.05, 4.69) is 20.6 Å². The van der Waals surface area contributed by atoms with Gasteiger partial charge in [0, 0.05) is 61.8 Å². The highest BCUT2D eigenvalue weighted by Gasteiger charge is 2.30. The van der Waals surface area contributed by atoms with Crippen LogP contribution in [0, 0.1) is 0 Å². The summed E-state index contributed by atoms with van der Waals surface area (Å²) in [5, 5.41) is 3.42. The standard InChI is InChI=1S/C61H42N8/c1-61(35-19-6-20-36-61)60-66-57(42-25-11-4-12-26-42)63-58(67-60)43-33-34-52(49(37-43)59-64-55(40-21-7-2-8-22-40)62-56(65-59)41-23-9-3-10-24-41)69-51-32-18-16-30-46(51)48-38-47-45-29-15-17-31-50(45)68(53(47)39-54(48)69)44-27-13-5-14-28-44/h2-35,37-39H,36H2,1H3/i2D,3D,4D,6D,7D,8D,9D,10D,11D,12D,19D,20D,21D,22D,23D,24D,25D,26D,35D,36D. The first-order valence-corrected chi connectivity index (χ1v) is 21.6. The number of para-hydroxylation sites is 3. The van der Waals surface area contributed by atoms with Gasteiger partial charge >= 0.3 is 0 Å². The van der Waals surface area contributed by atoms with Gasteiger partial charge in [0.15, 0.2) is 29.1 Å². The van der Waals surface area contributed by atoms with Gasteiger partial charge in [-0.05, 0) is 67.9 Å². The Balaban J connectivity index is 1.19. The Bertz CT molecular complexity index is 5030. The Kier molecular flexibility index (Phi) is 5.82. The predicted octanol–water partition coefficient (Wildman–Crippen LogP) is 14.4. The summed E-state index contributed by atoms with van der Waals surface area (Å²) in [6, 6.07) is 20.0. The van der Waals surface area contributed by atoms with Crippen molar-refractivity contribution in [3.8, 4) is 68.3 Å². The largest absolute Gasteiger partial charge is 0.309 e. The smallest absolute Gasteiger partial charge is 0.166 e. The molecule has 8 heteroatoms. The summed E-state index contributed by atoms with van der Waals surface area (Å²) in [5.74, 6) is -2.87. The molecule has 0 saturated heterocycles. The number of rotatable bonds is 8. The van der Waals surface area contributed by atoms with Crippen molar-refractivity contribution < 1.29 is 27.4 Å². The Labute approximate surface area is 426 Å². The Morgan fingerprint density at radius 1 is 0.449 bits per heavy atom. The predicted molar refractivity (Wildman–Crippen MR) is 279 cm³/mol. The molecule has 8 nitrogen and oxygen atoms in total. The van der Waals surface area contributed by atoms with Crippen LogP contribution in [-0.2, 0) is 5.41 Å². The number of hydrogen-bond donors (Lipinski definition) is 0. The van der Waals surface area contributed by atoms with Crippen molar-refractivity contribution in [2.24, 2.45) is 0 Å². The molecule has 0 radical (unpaired) electrons. The number of benzene rings is 8. The molecule has 12 aromatic rings. The molecule has 0 saturated carbocycles. The second-order valence-corrected chi connectivity index (χ2v) is 16.1. The zero-order chi connectivity index (χ0) is 63.3. The Hall–Kier alpha value is -9.14. The van der Waals surface area contributed by atoms with Gasteiger partial charge in [-0.2, -0.15) is 0 Å². The third-order valence-corrected chi connectivity index (χ3v) is 11.9. The van der Waals surface area contributed by atoms with Crippen molar-refractivity contribution in [1.82, 2.24) is 39.0 Å². The summed E-state index contributed by atoms with van der Waals surface area (Å²) in [6.07, 6.45) is -1.80. The SMILES string of the molecule is [2H]C1=C([2H])C([2H])C(C)(c2nc(-c3ccc(-n4c5ccccc5c5cc6c7ccccc7n(-c7ccccc7)c6cc54)c(-c4nc(-c5c([2H])c([2H])c([2H])c([2H])c5[2H])nc(-c5c([2H])c([2H])c([2H])c([2H])c5[2H])n4)c3)nc(-c3c([2H])c([2H])c([2H])c([2H])c3[2H])n2)C([2H])=C1[2H]. The molecule has 2 atom stereocenters. The van der Waals surface area contributed by atoms with Gasteiger partial charge in [0.25, 0.3) is 0 Å². The summed E-state index contributed by atoms with van der Waals surface area (Å²) < 4.78 is 180. The summed E-state index contributed by atoms with van der Waals surface area (Å²) in [6.45, 7) is 1.31. The van der Waals surface area contributed by atoms with Crippen molar-refractivity contribution in [2.75, 3.05) is 0 Å². The van der Waals surface area contributed by atoms with Crippen LogP contribution in [0.1, 0.15) is 46.6 Å². The van der Waals surface area contributed by atoms with E-state index >= 15 is 0 Å². The van der Waals surface area contributed by atoms with Crippen molar-refractivity contribution in [1.29, 1.82) is 0 Å². The minimum Gasteiger partial charge on any atom is -0.309 e. The molecule has 0 amide bonds. The molecule has 0 fully saturated rings. The molecule has 4 heterocycles. The maximum atomic E-state index is 9.29. The van der Waals surface area contributed by atoms with E-state index in [-0.39, 0.29) is 28.5 Å². The van der Waals surface area contributed by atoms with E-state index in [1.165, 1.54) is 13.0 Å². The van der Waals surface area contributed by atoms with Crippen LogP contribution in [0.25, 0.3) is 112 Å². The molecule has 0 N–H and O–H groups in total. The number of nitrogens with zero attached hydrogens (tertiary/aromatic N) is 8. The fourth-order valence-electron chi connectivity index (χ4n) is 8.78. The molecule has 0 aliphatic heterocycles. The van der Waals surface area contributed by atoms with E-state index in [4.69, 9.17) is 44.6 Å². The first kappa shape index (κ1) is 24.6. The van der Waals surface area contributed by atoms with Crippen LogP contribution in [0.4, 0.5) is 0 Å². The third kappa shape index (κ3) is 6.92. The summed E-state index contributed by atoms with van der Waals surface area (Å²) in [4.78, 5) is 28.4. The molecular weight excluding hydrogens is 845 g/mol. The van der Waals surface area contributed by atoms with Crippen LogP contribution in [0.5, 0.6) is 0 Å². The lowest BCUT2D eigenvalue weighted by Gasteiger charge is -2.25. The fraction of sp³-hybridized carbons (Fsp3) is 0.0492. The van der Waals surface area contributed by atoms with Gasteiger partial charge in [-0.1, -0.05) is 169 Å². The Morgan fingerprint density at radius 2 is 0.957 bits per heavy atom. The number of hydrogen-bond acceptors (Lipinski definition) is 6. The maximum absolute atomic E-state index is 9.29. The van der Waals surface area contributed by atoms with Crippen LogP contribution in [0.3, 0.4) is 0 Å². The first-order chi connectivity index (χ1) is 42.4. The zero-order valence-corrected chi connectivity index (χ0v) is 36.0. The number of allylic oxidation sites excluding steroid dienone is 4. The van der Waals surface area contributed by atoms with Crippen LogP contribution in [0.15, 0.2) is 224 Å². The fourth-order valence-corrected chi connectivity index (χ4v) is 8.78. The van der Waals surface area contributed by atoms with Crippen LogP contribution >= 0.6 is 0 Å². The first-order valence-electron chi connectivity index (χ1n) is 31.6. The maximum Gasteiger partial charge on any atom is 0.166 e. The van der Waals surface area contributed by atoms with Gasteiger partial charge in [0.2, 0.25) is 0 Å². The third-order valence-electron chi connectivity index (χ3n) is 11.9. The molecule has 2 unspecified atom stereocenters. The van der Waals surface area contributed by atoms with Gasteiger partial charge in [0.1, 0.15) is 5.82 Å². The van der Waals surface area contributed by atoms with E-state index in [0.717, 1.165) is 38.3 Å². The highest BCUT2D eigenvalue weighted by atomic mass is 15.1. The van der Waals surface area contributed by atoms with E-state index < -0.39 is 167 Å². The molecule has 69 heavy (non-hydrogen) atoms. The lowest BCUT2D eigenvalue weighted by molar-refractivity contribution is 0.554. The highest BCUT2D eigenvalue weighted by Crippen LogP contribution is 2.42. The molecular formula is C61H42N8. The summed E-state index contributed by atoms with van der Waals surface area (Å²) >= 11 is 0. The summed E-state index contributed by atoms with van der Waals surface area (Å²) in [5.41, 5.74) is 0.351. The van der Waals surface area contributed by atoms with Crippen LogP contribution in [-0.4, -0.2) is 39.0 Å².